The molecule has 4 rings (SSSR count). The number of carbonyl (C=O) groups is 4. The van der Waals surface area contributed by atoms with Crippen molar-refractivity contribution in [2.45, 2.75) is 6.42 Å². The average molecular weight is 467 g/mol. The van der Waals surface area contributed by atoms with Crippen LogP contribution >= 0.6 is 0 Å². The van der Waals surface area contributed by atoms with Crippen LogP contribution in [0.25, 0.3) is 0 Å². The van der Waals surface area contributed by atoms with Crippen molar-refractivity contribution in [1.29, 1.82) is 5.26 Å². The Labute approximate surface area is 201 Å². The second-order valence-corrected chi connectivity index (χ2v) is 7.81. The van der Waals surface area contributed by atoms with E-state index in [-0.39, 0.29) is 29.8 Å². The summed E-state index contributed by atoms with van der Waals surface area (Å²) in [5.41, 5.74) is 1.90. The van der Waals surface area contributed by atoms with Crippen LogP contribution in [0.15, 0.2) is 78.9 Å². The summed E-state index contributed by atoms with van der Waals surface area (Å²) >= 11 is 0. The van der Waals surface area contributed by atoms with E-state index >= 15 is 0 Å². The smallest absolute Gasteiger partial charge is 0.338 e. The van der Waals surface area contributed by atoms with Gasteiger partial charge in [0, 0.05) is 12.2 Å². The van der Waals surface area contributed by atoms with E-state index < -0.39 is 30.3 Å². The molecule has 0 saturated heterocycles. The third kappa shape index (κ3) is 5.09. The molecule has 3 aromatic rings. The van der Waals surface area contributed by atoms with Crippen LogP contribution < -0.4 is 4.90 Å². The van der Waals surface area contributed by atoms with Crippen molar-refractivity contribution in [3.8, 4) is 6.07 Å². The maximum atomic E-state index is 12.8. The molecule has 0 unspecified atom stereocenters. The first-order valence-electron chi connectivity index (χ1n) is 10.9. The summed E-state index contributed by atoms with van der Waals surface area (Å²) in [6, 6.07) is 24.1. The van der Waals surface area contributed by atoms with Gasteiger partial charge in [-0.3, -0.25) is 24.2 Å². The summed E-state index contributed by atoms with van der Waals surface area (Å²) in [7, 11) is 0. The number of nitriles is 1. The van der Waals surface area contributed by atoms with Crippen molar-refractivity contribution >= 4 is 29.4 Å². The number of nitrogens with zero attached hydrogens (tertiary/aromatic N) is 3. The minimum atomic E-state index is -0.811. The third-order valence-electron chi connectivity index (χ3n) is 5.60. The molecule has 0 spiro atoms. The maximum absolute atomic E-state index is 12.8. The zero-order valence-electron chi connectivity index (χ0n) is 18.7. The van der Waals surface area contributed by atoms with Crippen molar-refractivity contribution in [1.82, 2.24) is 4.90 Å². The molecule has 8 nitrogen and oxygen atoms in total. The zero-order chi connectivity index (χ0) is 24.8. The van der Waals surface area contributed by atoms with Crippen LogP contribution in [-0.4, -0.2) is 48.3 Å². The summed E-state index contributed by atoms with van der Waals surface area (Å²) in [5, 5.41) is 9.05. The van der Waals surface area contributed by atoms with Gasteiger partial charge in [-0.15, -0.1) is 0 Å². The topological polar surface area (TPSA) is 108 Å². The van der Waals surface area contributed by atoms with Crippen LogP contribution in [0.1, 0.15) is 36.6 Å². The van der Waals surface area contributed by atoms with Crippen LogP contribution in [0, 0.1) is 11.3 Å². The van der Waals surface area contributed by atoms with Crippen LogP contribution in [0.3, 0.4) is 0 Å². The van der Waals surface area contributed by atoms with Gasteiger partial charge in [0.15, 0.2) is 6.61 Å². The Morgan fingerprint density at radius 1 is 0.886 bits per heavy atom. The van der Waals surface area contributed by atoms with E-state index in [1.807, 2.05) is 36.4 Å². The normalized spacial score (nSPS) is 12.1. The number of esters is 1. The molecule has 0 N–H and O–H groups in total. The summed E-state index contributed by atoms with van der Waals surface area (Å²) in [4.78, 5) is 53.1. The lowest BCUT2D eigenvalue weighted by Crippen LogP contribution is -2.35. The lowest BCUT2D eigenvalue weighted by atomic mass is 10.1. The van der Waals surface area contributed by atoms with Gasteiger partial charge in [-0.05, 0) is 42.3 Å². The lowest BCUT2D eigenvalue weighted by Gasteiger charge is -2.19. The molecule has 0 fully saturated rings. The van der Waals surface area contributed by atoms with Crippen molar-refractivity contribution in [3.63, 3.8) is 0 Å². The highest BCUT2D eigenvalue weighted by atomic mass is 16.5. The zero-order valence-corrected chi connectivity index (χ0v) is 18.7. The van der Waals surface area contributed by atoms with Gasteiger partial charge in [0.05, 0.1) is 22.8 Å². The molecule has 0 bridgehead atoms. The van der Waals surface area contributed by atoms with Crippen molar-refractivity contribution < 1.29 is 23.9 Å². The number of amides is 3. The van der Waals surface area contributed by atoms with Gasteiger partial charge in [0.1, 0.15) is 6.54 Å². The summed E-state index contributed by atoms with van der Waals surface area (Å²) in [6.07, 6.45) is 0.518. The molecule has 0 atom stereocenters. The van der Waals surface area contributed by atoms with Crippen molar-refractivity contribution in [2.24, 2.45) is 0 Å². The van der Waals surface area contributed by atoms with Gasteiger partial charge in [0.25, 0.3) is 17.7 Å². The molecule has 174 valence electrons. The number of fused-ring (bicyclic) bond motifs is 1. The average Bonchev–Trinajstić information content (AvgIpc) is 3.14. The van der Waals surface area contributed by atoms with Crippen LogP contribution in [-0.2, 0) is 16.0 Å². The van der Waals surface area contributed by atoms with E-state index in [0.717, 1.165) is 10.5 Å². The Balaban J connectivity index is 1.41. The first-order chi connectivity index (χ1) is 17.0. The quantitative estimate of drug-likeness (QED) is 0.286. The van der Waals surface area contributed by atoms with Crippen molar-refractivity contribution in [2.75, 3.05) is 24.6 Å². The number of hydrogen-bond donors (Lipinski definition) is 0. The fourth-order valence-corrected chi connectivity index (χ4v) is 3.80. The molecule has 0 radical (unpaired) electrons. The molecule has 0 saturated carbocycles. The van der Waals surface area contributed by atoms with E-state index in [2.05, 4.69) is 0 Å². The van der Waals surface area contributed by atoms with E-state index in [0.29, 0.717) is 12.1 Å². The number of benzene rings is 3. The van der Waals surface area contributed by atoms with Gasteiger partial charge < -0.3 is 4.74 Å². The highest BCUT2D eigenvalue weighted by Gasteiger charge is 2.35. The van der Waals surface area contributed by atoms with Gasteiger partial charge in [-0.1, -0.05) is 48.5 Å². The lowest BCUT2D eigenvalue weighted by molar-refractivity contribution is -0.121. The first kappa shape index (κ1) is 23.4. The predicted molar refractivity (Wildman–Crippen MR) is 127 cm³/mol. The van der Waals surface area contributed by atoms with E-state index in [4.69, 9.17) is 10.00 Å². The predicted octanol–water partition coefficient (Wildman–Crippen LogP) is 3.24. The Hall–Kier alpha value is -4.77. The standard InChI is InChI=1S/C27H21N3O5/c28-14-16-29(21-9-5-2-6-10-21)24(31)18-35-27(34)20-11-12-22-23(17-20)26(33)30(25(22)32)15-13-19-7-3-1-4-8-19/h1-12,17H,13,15-16,18H2. The molecular formula is C27H21N3O5. The molecular weight excluding hydrogens is 446 g/mol. The van der Waals surface area contributed by atoms with Gasteiger partial charge >= 0.3 is 5.97 Å². The molecule has 0 aromatic heterocycles. The minimum absolute atomic E-state index is 0.0501. The second-order valence-electron chi connectivity index (χ2n) is 7.81. The van der Waals surface area contributed by atoms with E-state index in [1.54, 1.807) is 30.3 Å². The number of hydrogen-bond acceptors (Lipinski definition) is 6. The minimum Gasteiger partial charge on any atom is -0.452 e. The van der Waals surface area contributed by atoms with E-state index in [1.165, 1.54) is 23.1 Å². The molecule has 35 heavy (non-hydrogen) atoms. The van der Waals surface area contributed by atoms with Crippen molar-refractivity contribution in [3.05, 3.63) is 101 Å². The summed E-state index contributed by atoms with van der Waals surface area (Å²) in [6.45, 7) is -0.559. The number of imide groups is 1. The SMILES string of the molecule is N#CCN(C(=O)COC(=O)c1ccc2c(c1)C(=O)N(CCc1ccccc1)C2=O)c1ccccc1. The van der Waals surface area contributed by atoms with Crippen LogP contribution in [0.2, 0.25) is 0 Å². The largest absolute Gasteiger partial charge is 0.452 e. The third-order valence-corrected chi connectivity index (χ3v) is 5.60. The molecule has 1 aliphatic heterocycles. The van der Waals surface area contributed by atoms with Crippen LogP contribution in [0.4, 0.5) is 5.69 Å². The summed E-state index contributed by atoms with van der Waals surface area (Å²) in [5.74, 6) is -2.26. The molecule has 0 aliphatic carbocycles. The number of ether oxygens (including phenoxy) is 1. The van der Waals surface area contributed by atoms with Gasteiger partial charge in [-0.2, -0.15) is 5.26 Å². The monoisotopic (exact) mass is 467 g/mol. The van der Waals surface area contributed by atoms with Crippen LogP contribution in [0.5, 0.6) is 0 Å². The number of para-hydroxylation sites is 1. The maximum Gasteiger partial charge on any atom is 0.338 e. The fraction of sp³-hybridized carbons (Fsp3) is 0.148. The fourth-order valence-electron chi connectivity index (χ4n) is 3.80. The number of carbonyl (C=O) groups excluding carboxylic acids is 4. The molecule has 8 heteroatoms. The summed E-state index contributed by atoms with van der Waals surface area (Å²) < 4.78 is 5.14. The number of rotatable bonds is 8. The van der Waals surface area contributed by atoms with Gasteiger partial charge in [-0.25, -0.2) is 4.79 Å². The molecule has 1 aliphatic rings. The second kappa shape index (κ2) is 10.4. The molecule has 1 heterocycles. The first-order valence-corrected chi connectivity index (χ1v) is 10.9. The van der Waals surface area contributed by atoms with E-state index in [9.17, 15) is 19.2 Å². The Kier molecular flexibility index (Phi) is 6.98. The Bertz CT molecular complexity index is 1320. The highest BCUT2D eigenvalue weighted by Crippen LogP contribution is 2.25. The highest BCUT2D eigenvalue weighted by molar-refractivity contribution is 6.22. The Morgan fingerprint density at radius 2 is 1.54 bits per heavy atom. The molecule has 3 aromatic carbocycles. The number of anilines is 1. The van der Waals surface area contributed by atoms with Gasteiger partial charge in [0.2, 0.25) is 0 Å². The Morgan fingerprint density at radius 3 is 2.23 bits per heavy atom. The molecule has 3 amide bonds.